The normalized spacial score (nSPS) is 11.2. The molecule has 0 radical (unpaired) electrons. The van der Waals surface area contributed by atoms with Crippen molar-refractivity contribution in [1.29, 1.82) is 0 Å². The summed E-state index contributed by atoms with van der Waals surface area (Å²) in [5.41, 5.74) is 0.581. The van der Waals surface area contributed by atoms with Crippen LogP contribution in [-0.2, 0) is 4.79 Å². The molecule has 5 heteroatoms. The summed E-state index contributed by atoms with van der Waals surface area (Å²) in [5.74, 6) is -0.820. The summed E-state index contributed by atoms with van der Waals surface area (Å²) in [6.45, 7) is 2.01. The van der Waals surface area contributed by atoms with Gasteiger partial charge in [-0.25, -0.2) is 9.18 Å². The van der Waals surface area contributed by atoms with Crippen LogP contribution in [0.1, 0.15) is 13.3 Å². The summed E-state index contributed by atoms with van der Waals surface area (Å²) in [4.78, 5) is 10.8. The zero-order chi connectivity index (χ0) is 13.5. The first-order chi connectivity index (χ1) is 8.58. The fraction of sp³-hybridized carbons (Fsp3) is 0.308. The largest absolute Gasteiger partial charge is 0.497 e. The van der Waals surface area contributed by atoms with Crippen molar-refractivity contribution in [3.05, 3.63) is 35.7 Å². The Bertz CT molecular complexity index is 458. The van der Waals surface area contributed by atoms with Crippen LogP contribution in [0.15, 0.2) is 29.8 Å². The van der Waals surface area contributed by atoms with Gasteiger partial charge < -0.3 is 15.2 Å². The fourth-order valence-corrected chi connectivity index (χ4v) is 1.43. The molecule has 0 aliphatic carbocycles. The summed E-state index contributed by atoms with van der Waals surface area (Å²) in [6.07, 6.45) is 1.96. The van der Waals surface area contributed by atoms with Crippen molar-refractivity contribution in [2.75, 3.05) is 19.0 Å². The van der Waals surface area contributed by atoms with Crippen LogP contribution in [-0.4, -0.2) is 24.7 Å². The number of hydrogen-bond donors (Lipinski definition) is 2. The maximum absolute atomic E-state index is 13.4. The first kappa shape index (κ1) is 14.0. The van der Waals surface area contributed by atoms with Crippen molar-refractivity contribution in [1.82, 2.24) is 0 Å². The van der Waals surface area contributed by atoms with Gasteiger partial charge in [-0.3, -0.25) is 0 Å². The minimum absolute atomic E-state index is 0.250. The monoisotopic (exact) mass is 253 g/mol. The molecule has 98 valence electrons. The number of nitrogens with one attached hydrogen (secondary N) is 1. The molecule has 0 spiro atoms. The minimum atomic E-state index is -0.953. The molecular weight excluding hydrogens is 237 g/mol. The van der Waals surface area contributed by atoms with Crippen LogP contribution in [0.4, 0.5) is 10.1 Å². The van der Waals surface area contributed by atoms with Crippen molar-refractivity contribution in [3.63, 3.8) is 0 Å². The Morgan fingerprint density at radius 1 is 1.56 bits per heavy atom. The third-order valence-corrected chi connectivity index (χ3v) is 2.47. The number of carbonyl (C=O) groups is 1. The second kappa shape index (κ2) is 6.64. The summed E-state index contributed by atoms with van der Waals surface area (Å²) >= 11 is 0. The van der Waals surface area contributed by atoms with Crippen LogP contribution in [0.2, 0.25) is 0 Å². The Morgan fingerprint density at radius 2 is 2.28 bits per heavy atom. The predicted octanol–water partition coefficient (Wildman–Crippen LogP) is 2.67. The smallest absolute Gasteiger partial charge is 0.331 e. The van der Waals surface area contributed by atoms with Crippen molar-refractivity contribution in [2.45, 2.75) is 13.3 Å². The Kier molecular flexibility index (Phi) is 5.17. The average molecular weight is 253 g/mol. The Morgan fingerprint density at radius 3 is 2.83 bits per heavy atom. The molecular formula is C13H16FNO3. The molecule has 18 heavy (non-hydrogen) atoms. The van der Waals surface area contributed by atoms with E-state index in [0.717, 1.165) is 0 Å². The van der Waals surface area contributed by atoms with Crippen molar-refractivity contribution in [3.8, 4) is 5.75 Å². The van der Waals surface area contributed by atoms with Gasteiger partial charge in [0, 0.05) is 18.2 Å². The maximum Gasteiger partial charge on any atom is 0.331 e. The fourth-order valence-electron chi connectivity index (χ4n) is 1.43. The molecule has 0 fully saturated rings. The van der Waals surface area contributed by atoms with E-state index in [2.05, 4.69) is 5.32 Å². The van der Waals surface area contributed by atoms with Crippen LogP contribution in [0.3, 0.4) is 0 Å². The highest BCUT2D eigenvalue weighted by atomic mass is 19.1. The van der Waals surface area contributed by atoms with E-state index in [0.29, 0.717) is 17.7 Å². The van der Waals surface area contributed by atoms with Crippen LogP contribution >= 0.6 is 0 Å². The highest BCUT2D eigenvalue weighted by Gasteiger charge is 2.05. The third kappa shape index (κ3) is 3.76. The molecule has 1 aromatic rings. The number of anilines is 1. The van der Waals surface area contributed by atoms with E-state index < -0.39 is 11.8 Å². The zero-order valence-electron chi connectivity index (χ0n) is 10.4. The standard InChI is InChI=1S/C13H16FNO3/c1-3-9(13(16)17)6-7-15-12-8-10(18-2)4-5-11(12)14/h4-6,8,15H,3,7H2,1-2H3,(H,16,17)/b9-6-. The molecule has 0 aliphatic heterocycles. The van der Waals surface area contributed by atoms with E-state index in [1.165, 1.54) is 31.4 Å². The molecule has 0 saturated heterocycles. The molecule has 0 amide bonds. The topological polar surface area (TPSA) is 58.6 Å². The van der Waals surface area contributed by atoms with Gasteiger partial charge in [0.2, 0.25) is 0 Å². The van der Waals surface area contributed by atoms with Crippen LogP contribution in [0.25, 0.3) is 0 Å². The molecule has 0 saturated carbocycles. The quantitative estimate of drug-likeness (QED) is 0.765. The molecule has 0 heterocycles. The van der Waals surface area contributed by atoms with E-state index in [1.807, 2.05) is 0 Å². The third-order valence-electron chi connectivity index (χ3n) is 2.47. The number of halogens is 1. The second-order valence-electron chi connectivity index (χ2n) is 3.61. The van der Waals surface area contributed by atoms with Gasteiger partial charge in [-0.15, -0.1) is 0 Å². The molecule has 1 rings (SSSR count). The lowest BCUT2D eigenvalue weighted by Gasteiger charge is -2.08. The number of ether oxygens (including phenoxy) is 1. The van der Waals surface area contributed by atoms with Crippen molar-refractivity contribution in [2.24, 2.45) is 0 Å². The van der Waals surface area contributed by atoms with Gasteiger partial charge in [0.1, 0.15) is 11.6 Å². The van der Waals surface area contributed by atoms with Gasteiger partial charge in [-0.2, -0.15) is 0 Å². The Balaban J connectivity index is 2.71. The van der Waals surface area contributed by atoms with Gasteiger partial charge in [0.15, 0.2) is 0 Å². The van der Waals surface area contributed by atoms with E-state index in [-0.39, 0.29) is 12.2 Å². The van der Waals surface area contributed by atoms with Crippen LogP contribution in [0.5, 0.6) is 5.75 Å². The van der Waals surface area contributed by atoms with Gasteiger partial charge in [-0.05, 0) is 18.6 Å². The molecule has 4 nitrogen and oxygen atoms in total. The van der Waals surface area contributed by atoms with Crippen LogP contribution < -0.4 is 10.1 Å². The summed E-state index contributed by atoms with van der Waals surface area (Å²) in [6, 6.07) is 4.34. The maximum atomic E-state index is 13.4. The van der Waals surface area contributed by atoms with E-state index in [9.17, 15) is 9.18 Å². The number of rotatable bonds is 6. The van der Waals surface area contributed by atoms with Gasteiger partial charge in [-0.1, -0.05) is 13.0 Å². The lowest BCUT2D eigenvalue weighted by molar-refractivity contribution is -0.132. The molecule has 0 aromatic heterocycles. The van der Waals surface area contributed by atoms with E-state index in [4.69, 9.17) is 9.84 Å². The van der Waals surface area contributed by atoms with E-state index in [1.54, 1.807) is 6.92 Å². The number of aliphatic carboxylic acids is 1. The second-order valence-corrected chi connectivity index (χ2v) is 3.61. The Labute approximate surface area is 105 Å². The lowest BCUT2D eigenvalue weighted by atomic mass is 10.2. The molecule has 1 aromatic carbocycles. The zero-order valence-corrected chi connectivity index (χ0v) is 10.4. The summed E-state index contributed by atoms with van der Waals surface area (Å²) < 4.78 is 18.4. The number of carboxylic acids is 1. The summed E-state index contributed by atoms with van der Waals surface area (Å²) in [7, 11) is 1.50. The van der Waals surface area contributed by atoms with Gasteiger partial charge >= 0.3 is 5.97 Å². The molecule has 0 atom stereocenters. The van der Waals surface area contributed by atoms with E-state index >= 15 is 0 Å². The molecule has 2 N–H and O–H groups in total. The first-order valence-corrected chi connectivity index (χ1v) is 5.58. The molecule has 0 aliphatic rings. The SMILES string of the molecule is CC/C(=C/CNc1cc(OC)ccc1F)C(=O)O. The highest BCUT2D eigenvalue weighted by Crippen LogP contribution is 2.20. The highest BCUT2D eigenvalue weighted by molar-refractivity contribution is 5.86. The number of benzene rings is 1. The average Bonchev–Trinajstić information content (AvgIpc) is 2.36. The van der Waals surface area contributed by atoms with Crippen molar-refractivity contribution >= 4 is 11.7 Å². The number of hydrogen-bond acceptors (Lipinski definition) is 3. The van der Waals surface area contributed by atoms with Crippen molar-refractivity contribution < 1.29 is 19.0 Å². The minimum Gasteiger partial charge on any atom is -0.497 e. The first-order valence-electron chi connectivity index (χ1n) is 5.58. The predicted molar refractivity (Wildman–Crippen MR) is 67.5 cm³/mol. The summed E-state index contributed by atoms with van der Waals surface area (Å²) in [5, 5.41) is 11.6. The molecule has 0 unspecified atom stereocenters. The lowest BCUT2D eigenvalue weighted by Crippen LogP contribution is -2.05. The Hall–Kier alpha value is -2.04. The molecule has 0 bridgehead atoms. The van der Waals surface area contributed by atoms with Gasteiger partial charge in [0.25, 0.3) is 0 Å². The van der Waals surface area contributed by atoms with Gasteiger partial charge in [0.05, 0.1) is 12.8 Å². The number of carboxylic acid groups (broad SMARTS) is 1. The van der Waals surface area contributed by atoms with Crippen LogP contribution in [0, 0.1) is 5.82 Å². The number of methoxy groups -OCH3 is 1.